The Hall–Kier alpha value is -3.39. The zero-order valence-corrected chi connectivity index (χ0v) is 18.4. The number of alkyl halides is 4. The summed E-state index contributed by atoms with van der Waals surface area (Å²) in [6, 6.07) is 6.68. The van der Waals surface area contributed by atoms with Crippen molar-refractivity contribution in [1.82, 2.24) is 20.1 Å². The second-order valence-corrected chi connectivity index (χ2v) is 8.49. The smallest absolute Gasteiger partial charge is 0.382 e. The van der Waals surface area contributed by atoms with Crippen LogP contribution in [0.1, 0.15) is 47.4 Å². The van der Waals surface area contributed by atoms with Crippen molar-refractivity contribution in [2.24, 2.45) is 0 Å². The molecule has 4 rings (SSSR count). The molecule has 12 heteroatoms. The largest absolute Gasteiger partial charge is 0.433 e. The Labute approximate surface area is 196 Å². The molecule has 0 unspecified atom stereocenters. The van der Waals surface area contributed by atoms with Gasteiger partial charge in [0, 0.05) is 34.4 Å². The van der Waals surface area contributed by atoms with Crippen molar-refractivity contribution < 1.29 is 22.4 Å². The number of rotatable bonds is 5. The lowest BCUT2D eigenvalue weighted by molar-refractivity contribution is -0.140. The van der Waals surface area contributed by atoms with Crippen LogP contribution < -0.4 is 10.6 Å². The van der Waals surface area contributed by atoms with Crippen LogP contribution >= 0.6 is 11.6 Å². The Morgan fingerprint density at radius 2 is 2.03 bits per heavy atom. The molecule has 0 radical (unpaired) electrons. The van der Waals surface area contributed by atoms with E-state index in [2.05, 4.69) is 20.7 Å². The van der Waals surface area contributed by atoms with Crippen molar-refractivity contribution in [1.29, 1.82) is 5.26 Å². The van der Waals surface area contributed by atoms with Crippen LogP contribution in [0.2, 0.25) is 5.02 Å². The molecule has 7 nitrogen and oxygen atoms in total. The van der Waals surface area contributed by atoms with Crippen molar-refractivity contribution in [2.75, 3.05) is 5.32 Å². The van der Waals surface area contributed by atoms with E-state index in [9.17, 15) is 22.4 Å². The number of hydrogen-bond donors (Lipinski definition) is 2. The van der Waals surface area contributed by atoms with Crippen molar-refractivity contribution in [3.05, 3.63) is 52.4 Å². The van der Waals surface area contributed by atoms with E-state index in [0.717, 1.165) is 16.9 Å². The number of nitrogens with one attached hydrogen (secondary N) is 2. The first-order valence-corrected chi connectivity index (χ1v) is 10.8. The number of carbonyl (C=O) groups is 1. The minimum Gasteiger partial charge on any atom is -0.382 e. The quantitative estimate of drug-likeness (QED) is 0.484. The van der Waals surface area contributed by atoms with Gasteiger partial charge in [0.15, 0.2) is 12.5 Å². The summed E-state index contributed by atoms with van der Waals surface area (Å²) in [7, 11) is 0. The molecule has 34 heavy (non-hydrogen) atoms. The van der Waals surface area contributed by atoms with Gasteiger partial charge >= 0.3 is 6.18 Å². The third kappa shape index (κ3) is 5.07. The van der Waals surface area contributed by atoms with Crippen LogP contribution in [0.5, 0.6) is 0 Å². The SMILES string of the molecule is N#Cc1nn(CF)cc1C(=O)N[C@@H]1CCC[C@H](Nc2cc(C(F)(F)F)nc3ccc(Cl)cc23)C1. The molecule has 1 aliphatic carbocycles. The molecule has 3 aromatic rings. The third-order valence-corrected chi connectivity index (χ3v) is 5.90. The van der Waals surface area contributed by atoms with Gasteiger partial charge in [-0.25, -0.2) is 14.1 Å². The Morgan fingerprint density at radius 1 is 1.26 bits per heavy atom. The number of amides is 1. The molecule has 1 amide bonds. The third-order valence-electron chi connectivity index (χ3n) is 5.66. The summed E-state index contributed by atoms with van der Waals surface area (Å²) >= 11 is 6.06. The summed E-state index contributed by atoms with van der Waals surface area (Å²) < 4.78 is 53.9. The number of benzene rings is 1. The van der Waals surface area contributed by atoms with Crippen LogP contribution in [0.4, 0.5) is 23.2 Å². The van der Waals surface area contributed by atoms with Gasteiger partial charge in [0.05, 0.1) is 11.1 Å². The standard InChI is InChI=1S/C22H19ClF4N6O/c23-12-4-5-17-15(6-12)18(8-20(31-17)22(25,26)27)29-13-2-1-3-14(7-13)30-21(34)16-10-33(11-24)32-19(16)9-28/h4-6,8,10,13-14H,1-3,7,11H2,(H,29,31)(H,30,34)/t13-,14+/m0/s1. The van der Waals surface area contributed by atoms with E-state index in [0.29, 0.717) is 36.1 Å². The van der Waals surface area contributed by atoms with Crippen LogP contribution in [0, 0.1) is 11.3 Å². The van der Waals surface area contributed by atoms with Crippen molar-refractivity contribution in [3.63, 3.8) is 0 Å². The molecule has 0 bridgehead atoms. The first kappa shape index (κ1) is 23.8. The molecule has 0 spiro atoms. The highest BCUT2D eigenvalue weighted by atomic mass is 35.5. The van der Waals surface area contributed by atoms with Crippen LogP contribution in [0.15, 0.2) is 30.5 Å². The second kappa shape index (κ2) is 9.46. The molecule has 2 heterocycles. The highest BCUT2D eigenvalue weighted by Crippen LogP contribution is 2.35. The van der Waals surface area contributed by atoms with E-state index in [1.165, 1.54) is 12.1 Å². The van der Waals surface area contributed by atoms with Crippen LogP contribution in [-0.4, -0.2) is 32.8 Å². The maximum Gasteiger partial charge on any atom is 0.433 e. The monoisotopic (exact) mass is 494 g/mol. The molecule has 0 saturated heterocycles. The van der Waals surface area contributed by atoms with Gasteiger partial charge in [0.25, 0.3) is 5.91 Å². The van der Waals surface area contributed by atoms with Gasteiger partial charge in [-0.15, -0.1) is 0 Å². The number of nitrogens with zero attached hydrogens (tertiary/aromatic N) is 4. The minimum absolute atomic E-state index is 0.0279. The Balaban J connectivity index is 1.53. The number of carbonyl (C=O) groups excluding carboxylic acids is 1. The predicted octanol–water partition coefficient (Wildman–Crippen LogP) is 5.06. The summed E-state index contributed by atoms with van der Waals surface area (Å²) in [6.45, 7) is -0.971. The zero-order valence-electron chi connectivity index (χ0n) is 17.7. The molecular weight excluding hydrogens is 476 g/mol. The van der Waals surface area contributed by atoms with Gasteiger partial charge < -0.3 is 10.6 Å². The molecule has 1 fully saturated rings. The number of hydrogen-bond acceptors (Lipinski definition) is 5. The second-order valence-electron chi connectivity index (χ2n) is 8.05. The van der Waals surface area contributed by atoms with Crippen LogP contribution in [-0.2, 0) is 13.0 Å². The van der Waals surface area contributed by atoms with Crippen LogP contribution in [0.25, 0.3) is 10.9 Å². The lowest BCUT2D eigenvalue weighted by Crippen LogP contribution is -2.42. The lowest BCUT2D eigenvalue weighted by atomic mass is 9.90. The summed E-state index contributed by atoms with van der Waals surface area (Å²) in [5.74, 6) is -0.553. The van der Waals surface area contributed by atoms with Crippen molar-refractivity contribution in [2.45, 2.75) is 50.7 Å². The number of anilines is 1. The van der Waals surface area contributed by atoms with Gasteiger partial charge in [0.1, 0.15) is 11.8 Å². The molecule has 1 aliphatic rings. The maximum absolute atomic E-state index is 13.4. The summed E-state index contributed by atoms with van der Waals surface area (Å²) in [4.78, 5) is 16.4. The Bertz CT molecular complexity index is 1270. The molecule has 178 valence electrons. The van der Waals surface area contributed by atoms with E-state index in [4.69, 9.17) is 16.9 Å². The van der Waals surface area contributed by atoms with Gasteiger partial charge in [-0.2, -0.15) is 23.5 Å². The summed E-state index contributed by atoms with van der Waals surface area (Å²) in [5.41, 5.74) is -0.802. The highest BCUT2D eigenvalue weighted by molar-refractivity contribution is 6.31. The summed E-state index contributed by atoms with van der Waals surface area (Å²) in [6.07, 6.45) is -0.959. The van der Waals surface area contributed by atoms with E-state index >= 15 is 0 Å². The number of fused-ring (bicyclic) bond motifs is 1. The number of halogens is 5. The maximum atomic E-state index is 13.4. The first-order valence-electron chi connectivity index (χ1n) is 10.5. The van der Waals surface area contributed by atoms with Crippen LogP contribution in [0.3, 0.4) is 0 Å². The lowest BCUT2D eigenvalue weighted by Gasteiger charge is -2.31. The van der Waals surface area contributed by atoms with Gasteiger partial charge in [-0.1, -0.05) is 11.6 Å². The fourth-order valence-electron chi connectivity index (χ4n) is 4.13. The van der Waals surface area contributed by atoms with Gasteiger partial charge in [-0.05, 0) is 49.9 Å². The highest BCUT2D eigenvalue weighted by Gasteiger charge is 2.34. The topological polar surface area (TPSA) is 95.6 Å². The number of pyridine rings is 1. The van der Waals surface area contributed by atoms with E-state index in [1.54, 1.807) is 12.1 Å². The predicted molar refractivity (Wildman–Crippen MR) is 117 cm³/mol. The van der Waals surface area contributed by atoms with E-state index < -0.39 is 24.6 Å². The molecule has 2 aromatic heterocycles. The fourth-order valence-corrected chi connectivity index (χ4v) is 4.30. The summed E-state index contributed by atoms with van der Waals surface area (Å²) in [5, 5.41) is 19.7. The fraction of sp³-hybridized carbons (Fsp3) is 0.364. The molecule has 0 aliphatic heterocycles. The zero-order chi connectivity index (χ0) is 24.5. The van der Waals surface area contributed by atoms with Gasteiger partial charge in [0.2, 0.25) is 0 Å². The number of nitriles is 1. The van der Waals surface area contributed by atoms with Gasteiger partial charge in [-0.3, -0.25) is 4.79 Å². The number of aromatic nitrogens is 3. The molecule has 1 aromatic carbocycles. The minimum atomic E-state index is -4.62. The van der Waals surface area contributed by atoms with E-state index in [-0.39, 0.29) is 34.5 Å². The average Bonchev–Trinajstić information content (AvgIpc) is 3.23. The molecular formula is C22H19ClF4N6O. The van der Waals surface area contributed by atoms with Crippen molar-refractivity contribution in [3.8, 4) is 6.07 Å². The normalized spacial score (nSPS) is 18.5. The molecule has 1 saturated carbocycles. The Morgan fingerprint density at radius 3 is 2.74 bits per heavy atom. The first-order chi connectivity index (χ1) is 16.2. The van der Waals surface area contributed by atoms with E-state index in [1.807, 2.05) is 0 Å². The molecule has 2 N–H and O–H groups in total. The Kier molecular flexibility index (Phi) is 6.61. The average molecular weight is 495 g/mol. The van der Waals surface area contributed by atoms with Crippen molar-refractivity contribution >= 4 is 34.1 Å². The molecule has 2 atom stereocenters.